The molecule has 13 heteroatoms. The number of guanidine groups is 1. The zero-order valence-electron chi connectivity index (χ0n) is 18.4. The minimum absolute atomic E-state index is 0. The Morgan fingerprint density at radius 2 is 1.91 bits per heavy atom. The third-order valence-corrected chi connectivity index (χ3v) is 4.81. The molecule has 0 radical (unpaired) electrons. The van der Waals surface area contributed by atoms with Gasteiger partial charge >= 0.3 is 6.09 Å². The number of carbonyl (C=O) groups is 1. The summed E-state index contributed by atoms with van der Waals surface area (Å²) in [7, 11) is 0. The monoisotopic (exact) mass is 495 g/mol. The van der Waals surface area contributed by atoms with E-state index in [1.807, 2.05) is 4.90 Å². The van der Waals surface area contributed by atoms with E-state index in [1.165, 1.54) is 6.07 Å². The first-order valence-electron chi connectivity index (χ1n) is 10.4. The van der Waals surface area contributed by atoms with Gasteiger partial charge in [0.2, 0.25) is 5.95 Å². The number of anilines is 1. The molecule has 0 saturated carbocycles. The van der Waals surface area contributed by atoms with Crippen LogP contribution in [0.15, 0.2) is 40.7 Å². The van der Waals surface area contributed by atoms with E-state index in [1.54, 1.807) is 24.5 Å². The van der Waals surface area contributed by atoms with Crippen molar-refractivity contribution < 1.29 is 23.9 Å². The van der Waals surface area contributed by atoms with Crippen LogP contribution in [0.25, 0.3) is 11.1 Å². The van der Waals surface area contributed by atoms with Gasteiger partial charge in [0.05, 0.1) is 5.71 Å². The fraction of sp³-hybridized carbons (Fsp3) is 0.381. The Morgan fingerprint density at radius 1 is 1.21 bits per heavy atom. The third-order valence-electron chi connectivity index (χ3n) is 4.81. The van der Waals surface area contributed by atoms with E-state index in [2.05, 4.69) is 20.1 Å². The van der Waals surface area contributed by atoms with Crippen LogP contribution in [0, 0.1) is 5.82 Å². The fourth-order valence-electron chi connectivity index (χ4n) is 3.14. The number of piperidine rings is 1. The summed E-state index contributed by atoms with van der Waals surface area (Å²) in [4.78, 5) is 30.6. The standard InChI is InChI=1S/C21H26FN7O4.ClH/c22-18-14(13-32-21(31)27-19(23)24)3-1-4-17(18)15-11-25-20(26-12-15)29-7-5-16(6-8-29)28-33-10-2-9-30;/h1,3-4,11-12,30H,2,5-10,13H2,(H4,23,24,27,31);1H. The molecule has 0 bridgehead atoms. The zero-order chi connectivity index (χ0) is 23.6. The smallest absolute Gasteiger partial charge is 0.437 e. The molecule has 184 valence electrons. The lowest BCUT2D eigenvalue weighted by atomic mass is 10.1. The summed E-state index contributed by atoms with van der Waals surface area (Å²) in [5, 5.41) is 12.9. The van der Waals surface area contributed by atoms with Gasteiger partial charge in [-0.2, -0.15) is 0 Å². The highest BCUT2D eigenvalue weighted by Gasteiger charge is 2.19. The Morgan fingerprint density at radius 3 is 2.56 bits per heavy atom. The average molecular weight is 496 g/mol. The lowest BCUT2D eigenvalue weighted by Gasteiger charge is -2.27. The first-order valence-corrected chi connectivity index (χ1v) is 10.4. The summed E-state index contributed by atoms with van der Waals surface area (Å²) in [5.74, 6) is -0.442. The van der Waals surface area contributed by atoms with E-state index in [0.29, 0.717) is 37.6 Å². The number of benzene rings is 1. The number of ether oxygens (including phenoxy) is 1. The summed E-state index contributed by atoms with van der Waals surface area (Å²) >= 11 is 0. The maximum absolute atomic E-state index is 14.9. The molecule has 11 nitrogen and oxygen atoms in total. The van der Waals surface area contributed by atoms with Crippen LogP contribution in [-0.2, 0) is 16.2 Å². The lowest BCUT2D eigenvalue weighted by molar-refractivity contribution is 0.122. The number of aliphatic hydroxyl groups is 1. The van der Waals surface area contributed by atoms with Crippen molar-refractivity contribution in [2.75, 3.05) is 31.2 Å². The van der Waals surface area contributed by atoms with Gasteiger partial charge in [-0.25, -0.2) is 19.2 Å². The first kappa shape index (κ1) is 26.7. The Kier molecular flexibility index (Phi) is 10.4. The maximum atomic E-state index is 14.9. The van der Waals surface area contributed by atoms with Gasteiger partial charge < -0.3 is 31.0 Å². The molecule has 0 unspecified atom stereocenters. The molecule has 5 N–H and O–H groups in total. The molecule has 2 aromatic rings. The van der Waals surface area contributed by atoms with Crippen molar-refractivity contribution in [2.45, 2.75) is 25.9 Å². The molecule has 3 rings (SSSR count). The van der Waals surface area contributed by atoms with Crippen molar-refractivity contribution in [3.8, 4) is 11.1 Å². The number of nitrogens with zero attached hydrogens (tertiary/aromatic N) is 5. The van der Waals surface area contributed by atoms with Gasteiger partial charge in [0, 0.05) is 68.0 Å². The van der Waals surface area contributed by atoms with Crippen LogP contribution in [0.2, 0.25) is 0 Å². The molecule has 0 spiro atoms. The number of aromatic nitrogens is 2. The van der Waals surface area contributed by atoms with Gasteiger partial charge in [0.25, 0.3) is 0 Å². The predicted molar refractivity (Wildman–Crippen MR) is 127 cm³/mol. The molecule has 1 aromatic carbocycles. The number of hydrogen-bond donors (Lipinski definition) is 3. The van der Waals surface area contributed by atoms with E-state index in [9.17, 15) is 9.18 Å². The highest BCUT2D eigenvalue weighted by Crippen LogP contribution is 2.26. The van der Waals surface area contributed by atoms with Gasteiger partial charge in [-0.3, -0.25) is 0 Å². The second-order valence-corrected chi connectivity index (χ2v) is 7.20. The number of carbonyl (C=O) groups excluding carboxylic acids is 1. The SMILES string of the molecule is Cl.NC(N)=NC(=O)OCc1cccc(-c2cnc(N3CCC(=NOCCCO)CC3)nc2)c1F. The van der Waals surface area contributed by atoms with E-state index >= 15 is 0 Å². The second kappa shape index (κ2) is 13.3. The minimum atomic E-state index is -1.00. The molecule has 1 fully saturated rings. The molecule has 1 aliphatic rings. The number of amides is 1. The molecule has 1 saturated heterocycles. The topological polar surface area (TPSA) is 162 Å². The number of oxime groups is 1. The quantitative estimate of drug-likeness (QED) is 0.215. The van der Waals surface area contributed by atoms with E-state index < -0.39 is 17.9 Å². The highest BCUT2D eigenvalue weighted by molar-refractivity contribution is 5.88. The molecule has 0 atom stereocenters. The first-order chi connectivity index (χ1) is 16.0. The number of aliphatic imine (C=N–C) groups is 1. The largest absolute Gasteiger partial charge is 0.443 e. The van der Waals surface area contributed by atoms with E-state index in [-0.39, 0.29) is 36.7 Å². The Balaban J connectivity index is 0.00000408. The Labute approximate surface area is 202 Å². The van der Waals surface area contributed by atoms with Gasteiger partial charge in [0.15, 0.2) is 5.96 Å². The molecule has 0 aliphatic carbocycles. The Hall–Kier alpha value is -3.51. The number of halogens is 2. The molecule has 1 aromatic heterocycles. The van der Waals surface area contributed by atoms with Gasteiger partial charge in [-0.15, -0.1) is 17.4 Å². The third kappa shape index (κ3) is 7.52. The van der Waals surface area contributed by atoms with Crippen LogP contribution < -0.4 is 16.4 Å². The molecular formula is C21H27ClFN7O4. The van der Waals surface area contributed by atoms with Crippen LogP contribution in [0.4, 0.5) is 15.1 Å². The van der Waals surface area contributed by atoms with Gasteiger partial charge in [-0.05, 0) is 0 Å². The van der Waals surface area contributed by atoms with Crippen LogP contribution in [-0.4, -0.2) is 59.1 Å². The Bertz CT molecular complexity index is 1010. The van der Waals surface area contributed by atoms with Crippen LogP contribution in [0.1, 0.15) is 24.8 Å². The summed E-state index contributed by atoms with van der Waals surface area (Å²) in [5.41, 5.74) is 12.1. The second-order valence-electron chi connectivity index (χ2n) is 7.20. The molecule has 1 amide bonds. The van der Waals surface area contributed by atoms with Crippen molar-refractivity contribution >= 4 is 36.1 Å². The van der Waals surface area contributed by atoms with E-state index in [0.717, 1.165) is 18.6 Å². The van der Waals surface area contributed by atoms with Gasteiger partial charge in [-0.1, -0.05) is 23.4 Å². The average Bonchev–Trinajstić information content (AvgIpc) is 2.81. The predicted octanol–water partition coefficient (Wildman–Crippen LogP) is 1.97. The maximum Gasteiger partial charge on any atom is 0.437 e. The lowest BCUT2D eigenvalue weighted by Crippen LogP contribution is -2.35. The van der Waals surface area contributed by atoms with Crippen molar-refractivity contribution in [3.63, 3.8) is 0 Å². The normalized spacial score (nSPS) is 13.0. The van der Waals surface area contributed by atoms with Crippen molar-refractivity contribution in [3.05, 3.63) is 42.0 Å². The molecule has 34 heavy (non-hydrogen) atoms. The number of nitrogens with two attached hydrogens (primary N) is 2. The molecule has 2 heterocycles. The number of rotatable bonds is 8. The molecular weight excluding hydrogens is 469 g/mol. The van der Waals surface area contributed by atoms with Crippen LogP contribution in [0.3, 0.4) is 0 Å². The summed E-state index contributed by atoms with van der Waals surface area (Å²) < 4.78 is 19.8. The van der Waals surface area contributed by atoms with Crippen molar-refractivity contribution in [1.29, 1.82) is 0 Å². The molecule has 1 aliphatic heterocycles. The zero-order valence-corrected chi connectivity index (χ0v) is 19.2. The fourth-order valence-corrected chi connectivity index (χ4v) is 3.14. The van der Waals surface area contributed by atoms with Crippen molar-refractivity contribution in [2.24, 2.45) is 21.6 Å². The summed E-state index contributed by atoms with van der Waals surface area (Å²) in [6.45, 7) is 1.52. The van der Waals surface area contributed by atoms with Crippen LogP contribution in [0.5, 0.6) is 0 Å². The summed E-state index contributed by atoms with van der Waals surface area (Å²) in [6.07, 6.45) is 4.10. The minimum Gasteiger partial charge on any atom is -0.443 e. The van der Waals surface area contributed by atoms with Crippen LogP contribution >= 0.6 is 12.4 Å². The van der Waals surface area contributed by atoms with E-state index in [4.69, 9.17) is 26.1 Å². The summed E-state index contributed by atoms with van der Waals surface area (Å²) in [6, 6.07) is 4.73. The van der Waals surface area contributed by atoms with Crippen molar-refractivity contribution in [1.82, 2.24) is 9.97 Å². The number of hydrogen-bond acceptors (Lipinski definition) is 8. The van der Waals surface area contributed by atoms with Gasteiger partial charge in [0.1, 0.15) is 19.0 Å². The highest BCUT2D eigenvalue weighted by atomic mass is 35.5. The number of aliphatic hydroxyl groups excluding tert-OH is 1.